The van der Waals surface area contributed by atoms with Crippen molar-refractivity contribution in [3.05, 3.63) is 52.3 Å². The van der Waals surface area contributed by atoms with Crippen molar-refractivity contribution in [2.24, 2.45) is 0 Å². The van der Waals surface area contributed by atoms with Gasteiger partial charge in [0, 0.05) is 23.5 Å². The third-order valence-electron chi connectivity index (χ3n) is 2.72. The first-order valence-electron chi connectivity index (χ1n) is 6.16. The molecule has 1 heterocycles. The molecular weight excluding hydrogens is 260 g/mol. The number of rotatable bonds is 4. The molecule has 2 N–H and O–H groups in total. The Morgan fingerprint density at radius 1 is 1.21 bits per heavy atom. The van der Waals surface area contributed by atoms with Crippen molar-refractivity contribution in [3.63, 3.8) is 0 Å². The van der Waals surface area contributed by atoms with Crippen LogP contribution in [0.4, 0.5) is 5.69 Å². The van der Waals surface area contributed by atoms with Crippen molar-refractivity contribution in [1.29, 1.82) is 0 Å². The molecular formula is C15H17ClN2O. The lowest BCUT2D eigenvalue weighted by atomic mass is 10.2. The minimum absolute atomic E-state index is 0.536. The molecule has 1 aromatic heterocycles. The van der Waals surface area contributed by atoms with Gasteiger partial charge < -0.3 is 10.5 Å². The van der Waals surface area contributed by atoms with Gasteiger partial charge in [-0.3, -0.25) is 4.98 Å². The zero-order valence-electron chi connectivity index (χ0n) is 11.1. The van der Waals surface area contributed by atoms with Gasteiger partial charge in [-0.25, -0.2) is 0 Å². The number of hydrogen-bond acceptors (Lipinski definition) is 3. The van der Waals surface area contributed by atoms with Crippen LogP contribution in [0.1, 0.15) is 17.0 Å². The summed E-state index contributed by atoms with van der Waals surface area (Å²) in [4.78, 5) is 4.47. The molecule has 0 amide bonds. The second-order valence-corrected chi connectivity index (χ2v) is 4.97. The number of nitrogen functional groups attached to an aromatic ring is 1. The van der Waals surface area contributed by atoms with Crippen LogP contribution in [-0.4, -0.2) is 11.6 Å². The average Bonchev–Trinajstić information content (AvgIpc) is 2.30. The highest BCUT2D eigenvalue weighted by atomic mass is 35.5. The molecule has 1 aromatic carbocycles. The molecule has 0 saturated heterocycles. The van der Waals surface area contributed by atoms with Gasteiger partial charge in [-0.1, -0.05) is 11.6 Å². The van der Waals surface area contributed by atoms with Crippen LogP contribution in [0, 0.1) is 13.8 Å². The second-order valence-electron chi connectivity index (χ2n) is 4.57. The molecule has 0 spiro atoms. The van der Waals surface area contributed by atoms with Gasteiger partial charge in [0.15, 0.2) is 0 Å². The van der Waals surface area contributed by atoms with Crippen LogP contribution in [0.25, 0.3) is 0 Å². The number of benzene rings is 1. The number of ether oxygens (including phenoxy) is 1. The molecule has 0 unspecified atom stereocenters. The molecule has 0 saturated carbocycles. The van der Waals surface area contributed by atoms with E-state index in [0.717, 1.165) is 17.8 Å². The molecule has 0 aliphatic heterocycles. The van der Waals surface area contributed by atoms with Crippen molar-refractivity contribution < 1.29 is 4.74 Å². The van der Waals surface area contributed by atoms with E-state index in [-0.39, 0.29) is 0 Å². The summed E-state index contributed by atoms with van der Waals surface area (Å²) < 4.78 is 5.65. The second kappa shape index (κ2) is 5.93. The van der Waals surface area contributed by atoms with Gasteiger partial charge in [-0.15, -0.1) is 0 Å². The van der Waals surface area contributed by atoms with Crippen molar-refractivity contribution in [2.45, 2.75) is 20.3 Å². The summed E-state index contributed by atoms with van der Waals surface area (Å²) in [7, 11) is 0. The predicted molar refractivity (Wildman–Crippen MR) is 78.8 cm³/mol. The number of aryl methyl sites for hydroxylation is 2. The van der Waals surface area contributed by atoms with Crippen LogP contribution in [0.15, 0.2) is 30.3 Å². The quantitative estimate of drug-likeness (QED) is 0.869. The van der Waals surface area contributed by atoms with E-state index in [9.17, 15) is 0 Å². The van der Waals surface area contributed by atoms with E-state index >= 15 is 0 Å². The number of anilines is 1. The van der Waals surface area contributed by atoms with Gasteiger partial charge in [0.05, 0.1) is 11.6 Å². The van der Waals surface area contributed by atoms with Crippen molar-refractivity contribution in [2.75, 3.05) is 12.3 Å². The van der Waals surface area contributed by atoms with Gasteiger partial charge in [0.25, 0.3) is 0 Å². The molecule has 3 nitrogen and oxygen atoms in total. The zero-order chi connectivity index (χ0) is 13.8. The molecule has 100 valence electrons. The molecule has 2 aromatic rings. The number of hydrogen-bond donors (Lipinski definition) is 1. The Kier molecular flexibility index (Phi) is 4.27. The van der Waals surface area contributed by atoms with E-state index in [1.165, 1.54) is 5.56 Å². The Bertz CT molecular complexity index is 564. The first kappa shape index (κ1) is 13.7. The number of nitrogens with two attached hydrogens (primary N) is 1. The maximum atomic E-state index is 6.04. The maximum absolute atomic E-state index is 6.04. The molecule has 4 heteroatoms. The highest BCUT2D eigenvalue weighted by molar-refractivity contribution is 6.32. The van der Waals surface area contributed by atoms with Crippen LogP contribution in [0.5, 0.6) is 5.75 Å². The van der Waals surface area contributed by atoms with Gasteiger partial charge in [-0.2, -0.15) is 0 Å². The normalized spacial score (nSPS) is 10.5. The highest BCUT2D eigenvalue weighted by Crippen LogP contribution is 2.26. The number of nitrogens with zero attached hydrogens (tertiary/aromatic N) is 1. The van der Waals surface area contributed by atoms with Gasteiger partial charge in [0.2, 0.25) is 0 Å². The summed E-state index contributed by atoms with van der Waals surface area (Å²) in [6.07, 6.45) is 0.753. The van der Waals surface area contributed by atoms with Gasteiger partial charge in [-0.05, 0) is 49.7 Å². The highest BCUT2D eigenvalue weighted by Gasteiger charge is 2.03. The van der Waals surface area contributed by atoms with Gasteiger partial charge >= 0.3 is 0 Å². The minimum atomic E-state index is 0.536. The largest absolute Gasteiger partial charge is 0.492 e. The number of pyridine rings is 1. The standard InChI is InChI=1S/C15H17ClN2O/c1-10-7-11(2)18-13(8-10)5-6-19-15-4-3-12(17)9-14(15)16/h3-4,7-9H,5-6,17H2,1-2H3. The predicted octanol–water partition coefficient (Wildman–Crippen LogP) is 3.56. The first-order chi connectivity index (χ1) is 9.04. The smallest absolute Gasteiger partial charge is 0.138 e. The van der Waals surface area contributed by atoms with Crippen LogP contribution in [0.2, 0.25) is 5.02 Å². The third kappa shape index (κ3) is 3.86. The molecule has 2 rings (SSSR count). The van der Waals surface area contributed by atoms with E-state index in [0.29, 0.717) is 23.1 Å². The van der Waals surface area contributed by atoms with Crippen LogP contribution in [0.3, 0.4) is 0 Å². The third-order valence-corrected chi connectivity index (χ3v) is 3.02. The molecule has 0 aliphatic rings. The van der Waals surface area contributed by atoms with Crippen LogP contribution >= 0.6 is 11.6 Å². The Labute approximate surface area is 118 Å². The van der Waals surface area contributed by atoms with Crippen LogP contribution < -0.4 is 10.5 Å². The molecule has 0 bridgehead atoms. The minimum Gasteiger partial charge on any atom is -0.492 e. The average molecular weight is 277 g/mol. The Hall–Kier alpha value is -1.74. The molecule has 0 aliphatic carbocycles. The number of halogens is 1. The van der Waals surface area contributed by atoms with Crippen molar-refractivity contribution in [1.82, 2.24) is 4.98 Å². The van der Waals surface area contributed by atoms with Crippen molar-refractivity contribution in [3.8, 4) is 5.75 Å². The van der Waals surface area contributed by atoms with Crippen molar-refractivity contribution >= 4 is 17.3 Å². The molecule has 0 radical (unpaired) electrons. The molecule has 0 atom stereocenters. The Balaban J connectivity index is 1.96. The van der Waals surface area contributed by atoms with Gasteiger partial charge in [0.1, 0.15) is 5.75 Å². The lowest BCUT2D eigenvalue weighted by molar-refractivity contribution is 0.320. The van der Waals surface area contributed by atoms with E-state index in [1.807, 2.05) is 6.92 Å². The van der Waals surface area contributed by atoms with E-state index in [2.05, 4.69) is 24.0 Å². The first-order valence-corrected chi connectivity index (χ1v) is 6.54. The monoisotopic (exact) mass is 276 g/mol. The van der Waals surface area contributed by atoms with E-state index in [1.54, 1.807) is 18.2 Å². The SMILES string of the molecule is Cc1cc(C)nc(CCOc2ccc(N)cc2Cl)c1. The summed E-state index contributed by atoms with van der Waals surface area (Å²) >= 11 is 6.04. The zero-order valence-corrected chi connectivity index (χ0v) is 11.9. The summed E-state index contributed by atoms with van der Waals surface area (Å²) in [5.41, 5.74) is 9.54. The molecule has 19 heavy (non-hydrogen) atoms. The summed E-state index contributed by atoms with van der Waals surface area (Å²) in [6.45, 7) is 4.60. The Morgan fingerprint density at radius 2 is 2.00 bits per heavy atom. The van der Waals surface area contributed by atoms with Crippen LogP contribution in [-0.2, 0) is 6.42 Å². The fourth-order valence-electron chi connectivity index (χ4n) is 1.95. The lowest BCUT2D eigenvalue weighted by Gasteiger charge is -2.09. The van der Waals surface area contributed by atoms with E-state index in [4.69, 9.17) is 22.1 Å². The summed E-state index contributed by atoms with van der Waals surface area (Å²) in [5, 5.41) is 0.536. The maximum Gasteiger partial charge on any atom is 0.138 e. The summed E-state index contributed by atoms with van der Waals surface area (Å²) in [6, 6.07) is 9.37. The summed E-state index contributed by atoms with van der Waals surface area (Å²) in [5.74, 6) is 0.653. The fourth-order valence-corrected chi connectivity index (χ4v) is 2.20. The lowest BCUT2D eigenvalue weighted by Crippen LogP contribution is -2.04. The Morgan fingerprint density at radius 3 is 2.68 bits per heavy atom. The number of aromatic nitrogens is 1. The fraction of sp³-hybridized carbons (Fsp3) is 0.267. The molecule has 0 fully saturated rings. The van der Waals surface area contributed by atoms with E-state index < -0.39 is 0 Å². The topological polar surface area (TPSA) is 48.1 Å².